The van der Waals surface area contributed by atoms with Crippen molar-refractivity contribution in [1.29, 1.82) is 0 Å². The summed E-state index contributed by atoms with van der Waals surface area (Å²) in [5, 5.41) is 2.80. The maximum atomic E-state index is 12.9. The largest absolute Gasteiger partial charge is 0.379 e. The van der Waals surface area contributed by atoms with Crippen LogP contribution in [-0.4, -0.2) is 60.3 Å². The highest BCUT2D eigenvalue weighted by atomic mass is 32.2. The van der Waals surface area contributed by atoms with Gasteiger partial charge in [0.2, 0.25) is 15.9 Å². The Morgan fingerprint density at radius 3 is 2.61 bits per heavy atom. The number of ether oxygens (including phenoxy) is 1. The van der Waals surface area contributed by atoms with Gasteiger partial charge in [-0.3, -0.25) is 9.59 Å². The van der Waals surface area contributed by atoms with Gasteiger partial charge in [-0.25, -0.2) is 13.4 Å². The van der Waals surface area contributed by atoms with Crippen LogP contribution in [0.25, 0.3) is 11.0 Å². The van der Waals surface area contributed by atoms with Crippen molar-refractivity contribution in [3.8, 4) is 0 Å². The summed E-state index contributed by atoms with van der Waals surface area (Å²) in [4.78, 5) is 28.7. The third-order valence-corrected chi connectivity index (χ3v) is 7.58. The zero-order valence-electron chi connectivity index (χ0n) is 18.6. The zero-order valence-corrected chi connectivity index (χ0v) is 19.4. The number of anilines is 1. The number of ketones is 1. The number of aromatic nitrogens is 2. The van der Waals surface area contributed by atoms with Gasteiger partial charge >= 0.3 is 0 Å². The van der Waals surface area contributed by atoms with Crippen molar-refractivity contribution in [3.63, 3.8) is 0 Å². The summed E-state index contributed by atoms with van der Waals surface area (Å²) in [5.74, 6) is 0.415. The summed E-state index contributed by atoms with van der Waals surface area (Å²) < 4.78 is 34.4. The quantitative estimate of drug-likeness (QED) is 0.531. The van der Waals surface area contributed by atoms with Gasteiger partial charge in [0, 0.05) is 44.2 Å². The third-order valence-electron chi connectivity index (χ3n) is 5.68. The Morgan fingerprint density at radius 1 is 1.12 bits per heavy atom. The lowest BCUT2D eigenvalue weighted by atomic mass is 10.1. The lowest BCUT2D eigenvalue weighted by Gasteiger charge is -2.26. The molecule has 0 saturated carbocycles. The number of aryl methyl sites for hydroxylation is 2. The van der Waals surface area contributed by atoms with E-state index in [1.807, 2.05) is 11.6 Å². The first-order chi connectivity index (χ1) is 15.8. The van der Waals surface area contributed by atoms with E-state index in [9.17, 15) is 18.0 Å². The summed E-state index contributed by atoms with van der Waals surface area (Å²) in [7, 11) is -1.77. The summed E-state index contributed by atoms with van der Waals surface area (Å²) in [6.45, 7) is 2.91. The number of benzene rings is 2. The minimum atomic E-state index is -3.61. The third kappa shape index (κ3) is 4.97. The lowest BCUT2D eigenvalue weighted by Crippen LogP contribution is -2.40. The molecule has 1 aliphatic rings. The average molecular weight is 471 g/mol. The fourth-order valence-corrected chi connectivity index (χ4v) is 5.24. The molecule has 1 amide bonds. The molecule has 1 N–H and O–H groups in total. The Labute approximate surface area is 192 Å². The predicted molar refractivity (Wildman–Crippen MR) is 124 cm³/mol. The number of carbonyl (C=O) groups excluding carboxylic acids is 2. The summed E-state index contributed by atoms with van der Waals surface area (Å²) in [6.07, 6.45) is 0.579. The standard InChI is InChI=1S/C23H26N4O5S/c1-16(28)17-4-3-5-18(14-17)24-23(29)9-8-22-25-20-15-19(6-7-21(20)26(22)2)33(30,31)27-10-12-32-13-11-27/h3-7,14-15H,8-13H2,1-2H3,(H,24,29). The van der Waals surface area contributed by atoms with Gasteiger partial charge in [0.25, 0.3) is 0 Å². The van der Waals surface area contributed by atoms with Crippen LogP contribution in [0.4, 0.5) is 5.69 Å². The van der Waals surface area contributed by atoms with E-state index in [2.05, 4.69) is 10.3 Å². The van der Waals surface area contributed by atoms with Crippen LogP contribution in [0.5, 0.6) is 0 Å². The van der Waals surface area contributed by atoms with Gasteiger partial charge in [-0.2, -0.15) is 4.31 Å². The summed E-state index contributed by atoms with van der Waals surface area (Å²) in [6, 6.07) is 11.7. The van der Waals surface area contributed by atoms with Crippen LogP contribution < -0.4 is 5.32 Å². The number of morpholine rings is 1. The average Bonchev–Trinajstić information content (AvgIpc) is 3.13. The smallest absolute Gasteiger partial charge is 0.243 e. The first-order valence-electron chi connectivity index (χ1n) is 10.7. The maximum Gasteiger partial charge on any atom is 0.243 e. The number of nitrogens with one attached hydrogen (secondary N) is 1. The number of rotatable bonds is 7. The number of amides is 1. The Balaban J connectivity index is 1.47. The molecule has 0 atom stereocenters. The Morgan fingerprint density at radius 2 is 1.88 bits per heavy atom. The van der Waals surface area contributed by atoms with Crippen LogP contribution >= 0.6 is 0 Å². The molecule has 0 unspecified atom stereocenters. The van der Waals surface area contributed by atoms with Gasteiger partial charge in [-0.05, 0) is 37.3 Å². The molecule has 0 radical (unpaired) electrons. The van der Waals surface area contributed by atoms with Crippen LogP contribution in [0.1, 0.15) is 29.5 Å². The SMILES string of the molecule is CC(=O)c1cccc(NC(=O)CCc2nc3cc(S(=O)(=O)N4CCOCC4)ccc3n2C)c1. The fourth-order valence-electron chi connectivity index (χ4n) is 3.81. The lowest BCUT2D eigenvalue weighted by molar-refractivity contribution is -0.116. The molecule has 3 aromatic rings. The van der Waals surface area contributed by atoms with Crippen molar-refractivity contribution in [2.45, 2.75) is 24.7 Å². The minimum Gasteiger partial charge on any atom is -0.379 e. The number of nitrogens with zero attached hydrogens (tertiary/aromatic N) is 3. The Hall–Kier alpha value is -3.08. The highest BCUT2D eigenvalue weighted by Gasteiger charge is 2.27. The van der Waals surface area contributed by atoms with Crippen molar-refractivity contribution in [2.75, 3.05) is 31.6 Å². The van der Waals surface area contributed by atoms with E-state index >= 15 is 0 Å². The molecule has 4 rings (SSSR count). The molecule has 0 aliphatic carbocycles. The van der Waals surface area contributed by atoms with Crippen LogP contribution in [0, 0.1) is 0 Å². The van der Waals surface area contributed by atoms with Crippen LogP contribution in [0.3, 0.4) is 0 Å². The first kappa shape index (κ1) is 23.1. The van der Waals surface area contributed by atoms with Crippen LogP contribution in [-0.2, 0) is 33.0 Å². The molecule has 1 saturated heterocycles. The van der Waals surface area contributed by atoms with Gasteiger partial charge in [-0.1, -0.05) is 12.1 Å². The highest BCUT2D eigenvalue weighted by Crippen LogP contribution is 2.23. The van der Waals surface area contributed by atoms with E-state index < -0.39 is 10.0 Å². The number of carbonyl (C=O) groups is 2. The molecule has 174 valence electrons. The summed E-state index contributed by atoms with van der Waals surface area (Å²) >= 11 is 0. The molecule has 1 aromatic heterocycles. The fraction of sp³-hybridized carbons (Fsp3) is 0.348. The number of hydrogen-bond acceptors (Lipinski definition) is 6. The molecular weight excluding hydrogens is 444 g/mol. The molecule has 0 spiro atoms. The first-order valence-corrected chi connectivity index (χ1v) is 12.1. The molecule has 2 aromatic carbocycles. The second kappa shape index (κ2) is 9.42. The van der Waals surface area contributed by atoms with Crippen molar-refractivity contribution in [2.24, 2.45) is 7.05 Å². The van der Waals surface area contributed by atoms with E-state index in [1.165, 1.54) is 11.2 Å². The Bertz CT molecular complexity index is 1310. The van der Waals surface area contributed by atoms with Gasteiger partial charge in [0.15, 0.2) is 5.78 Å². The Kier molecular flexibility index (Phi) is 6.59. The van der Waals surface area contributed by atoms with E-state index in [-0.39, 0.29) is 23.0 Å². The molecule has 10 heteroatoms. The van der Waals surface area contributed by atoms with Crippen molar-refractivity contribution in [1.82, 2.24) is 13.9 Å². The predicted octanol–water partition coefficient (Wildman–Crippen LogP) is 2.37. The van der Waals surface area contributed by atoms with Crippen molar-refractivity contribution in [3.05, 3.63) is 53.9 Å². The van der Waals surface area contributed by atoms with E-state index in [1.54, 1.807) is 42.5 Å². The topological polar surface area (TPSA) is 111 Å². The van der Waals surface area contributed by atoms with E-state index in [4.69, 9.17) is 4.74 Å². The second-order valence-electron chi connectivity index (χ2n) is 7.94. The molecule has 9 nitrogen and oxygen atoms in total. The van der Waals surface area contributed by atoms with Crippen molar-refractivity contribution >= 4 is 38.4 Å². The monoisotopic (exact) mass is 470 g/mol. The highest BCUT2D eigenvalue weighted by molar-refractivity contribution is 7.89. The van der Waals surface area contributed by atoms with Crippen LogP contribution in [0.15, 0.2) is 47.4 Å². The van der Waals surface area contributed by atoms with Crippen LogP contribution in [0.2, 0.25) is 0 Å². The van der Waals surface area contributed by atoms with E-state index in [0.29, 0.717) is 55.3 Å². The zero-order chi connectivity index (χ0) is 23.6. The number of Topliss-reactive ketones (excluding diaryl/α,β-unsaturated/α-hetero) is 1. The van der Waals surface area contributed by atoms with Gasteiger partial charge in [0.05, 0.1) is 29.1 Å². The summed E-state index contributed by atoms with van der Waals surface area (Å²) in [5.41, 5.74) is 2.46. The number of fused-ring (bicyclic) bond motifs is 1. The molecular formula is C23H26N4O5S. The number of sulfonamides is 1. The maximum absolute atomic E-state index is 12.9. The molecule has 33 heavy (non-hydrogen) atoms. The molecule has 2 heterocycles. The normalized spacial score (nSPS) is 15.0. The van der Waals surface area contributed by atoms with Gasteiger partial charge in [0.1, 0.15) is 5.82 Å². The molecule has 1 fully saturated rings. The van der Waals surface area contributed by atoms with Gasteiger partial charge in [-0.15, -0.1) is 0 Å². The van der Waals surface area contributed by atoms with Crippen molar-refractivity contribution < 1.29 is 22.7 Å². The molecule has 0 bridgehead atoms. The number of imidazole rings is 1. The minimum absolute atomic E-state index is 0.0687. The second-order valence-corrected chi connectivity index (χ2v) is 9.88. The molecule has 1 aliphatic heterocycles. The van der Waals surface area contributed by atoms with Gasteiger partial charge < -0.3 is 14.6 Å². The number of hydrogen-bond donors (Lipinski definition) is 1. The van der Waals surface area contributed by atoms with E-state index in [0.717, 1.165) is 5.52 Å².